The molecule has 0 unspecified atom stereocenters. The Morgan fingerprint density at radius 3 is 0.978 bits per heavy atom. The molecule has 12 nitrogen and oxygen atoms in total. The van der Waals surface area contributed by atoms with Crippen LogP contribution in [0, 0.1) is 0 Å². The topological polar surface area (TPSA) is 128 Å². The summed E-state index contributed by atoms with van der Waals surface area (Å²) in [5.41, 5.74) is 6.35. The average molecular weight is 668 g/mol. The van der Waals surface area contributed by atoms with Gasteiger partial charge in [0.25, 0.3) is 0 Å². The second-order valence-electron chi connectivity index (χ2n) is 9.64. The van der Waals surface area contributed by atoms with Gasteiger partial charge in [0.2, 0.25) is 0 Å². The molecule has 264 valence electrons. The van der Waals surface area contributed by atoms with Gasteiger partial charge in [-0.25, -0.2) is 0 Å². The average Bonchev–Trinajstić information content (AvgIpc) is 3.05. The number of hydrogen-bond donors (Lipinski definition) is 1. The monoisotopic (exact) mass is 667 g/mol. The number of nitrogens with two attached hydrogens (primary N) is 1. The maximum Gasteiger partial charge on any atom is 0.119 e. The molecular formula is C32H58ClNO11. The Bertz CT molecular complexity index is 706. The van der Waals surface area contributed by atoms with Crippen LogP contribution in [0.1, 0.15) is 25.7 Å². The first kappa shape index (κ1) is 41.7. The van der Waals surface area contributed by atoms with Gasteiger partial charge in [-0.3, -0.25) is 0 Å². The minimum atomic E-state index is 0.477. The van der Waals surface area contributed by atoms with Crippen molar-refractivity contribution >= 4 is 17.3 Å². The number of unbranched alkanes of at least 4 members (excludes halogenated alkanes) is 3. The molecule has 0 aromatic heterocycles. The zero-order chi connectivity index (χ0) is 32.1. The Balaban J connectivity index is 1.62. The lowest BCUT2D eigenvalue weighted by Gasteiger charge is -2.09. The van der Waals surface area contributed by atoms with Gasteiger partial charge in [0, 0.05) is 18.2 Å². The van der Waals surface area contributed by atoms with E-state index in [0.29, 0.717) is 138 Å². The summed E-state index contributed by atoms with van der Waals surface area (Å²) < 4.78 is 60.4. The molecule has 0 spiro atoms. The SMILES string of the molecule is Nc1ccc(OCCOCCOCCOCCOCCOCCOCCOCCOCCOCCOCCCCCCCl)cc1. The largest absolute Gasteiger partial charge is 0.491 e. The van der Waals surface area contributed by atoms with E-state index in [1.54, 1.807) is 12.1 Å². The number of hydrogen-bond acceptors (Lipinski definition) is 12. The van der Waals surface area contributed by atoms with E-state index in [0.717, 1.165) is 31.1 Å². The van der Waals surface area contributed by atoms with Crippen LogP contribution >= 0.6 is 11.6 Å². The van der Waals surface area contributed by atoms with Gasteiger partial charge in [0.1, 0.15) is 12.4 Å². The Hall–Kier alpha value is -1.29. The van der Waals surface area contributed by atoms with Gasteiger partial charge < -0.3 is 57.8 Å². The van der Waals surface area contributed by atoms with Crippen LogP contribution < -0.4 is 10.5 Å². The third-order valence-electron chi connectivity index (χ3n) is 5.90. The van der Waals surface area contributed by atoms with Crippen LogP contribution in [0.3, 0.4) is 0 Å². The lowest BCUT2D eigenvalue weighted by molar-refractivity contribution is -0.0267. The third-order valence-corrected chi connectivity index (χ3v) is 6.16. The Labute approximate surface area is 275 Å². The van der Waals surface area contributed by atoms with E-state index in [1.165, 1.54) is 12.8 Å². The summed E-state index contributed by atoms with van der Waals surface area (Å²) in [5.74, 6) is 1.52. The number of alkyl halides is 1. The van der Waals surface area contributed by atoms with Crippen molar-refractivity contribution < 1.29 is 52.1 Å². The van der Waals surface area contributed by atoms with Crippen LogP contribution in [0.4, 0.5) is 5.69 Å². The van der Waals surface area contributed by atoms with Crippen molar-refractivity contribution in [3.63, 3.8) is 0 Å². The summed E-state index contributed by atoms with van der Waals surface area (Å²) in [7, 11) is 0. The van der Waals surface area contributed by atoms with E-state index in [-0.39, 0.29) is 0 Å². The van der Waals surface area contributed by atoms with Crippen LogP contribution in [-0.4, -0.2) is 145 Å². The highest BCUT2D eigenvalue weighted by atomic mass is 35.5. The van der Waals surface area contributed by atoms with Gasteiger partial charge >= 0.3 is 0 Å². The van der Waals surface area contributed by atoms with Crippen molar-refractivity contribution in [3.05, 3.63) is 24.3 Å². The first-order chi connectivity index (χ1) is 22.3. The molecular weight excluding hydrogens is 610 g/mol. The molecule has 0 bridgehead atoms. The molecule has 0 saturated heterocycles. The quantitative estimate of drug-likeness (QED) is 0.0633. The van der Waals surface area contributed by atoms with Crippen LogP contribution in [0.25, 0.3) is 0 Å². The first-order valence-corrected chi connectivity index (χ1v) is 16.7. The number of halogens is 1. The van der Waals surface area contributed by atoms with Crippen molar-refractivity contribution in [2.75, 3.05) is 150 Å². The maximum atomic E-state index is 5.65. The molecule has 45 heavy (non-hydrogen) atoms. The highest BCUT2D eigenvalue weighted by Crippen LogP contribution is 2.12. The Morgan fingerprint density at radius 1 is 0.356 bits per heavy atom. The zero-order valence-electron chi connectivity index (χ0n) is 27.1. The van der Waals surface area contributed by atoms with Crippen molar-refractivity contribution in [2.45, 2.75) is 25.7 Å². The molecule has 1 aromatic carbocycles. The molecule has 1 rings (SSSR count). The normalized spacial score (nSPS) is 11.4. The second kappa shape index (κ2) is 35.6. The number of nitrogen functional groups attached to an aromatic ring is 1. The molecule has 13 heteroatoms. The van der Waals surface area contributed by atoms with Gasteiger partial charge in [-0.2, -0.15) is 0 Å². The van der Waals surface area contributed by atoms with Crippen LogP contribution in [-0.2, 0) is 47.4 Å². The fourth-order valence-corrected chi connectivity index (χ4v) is 3.70. The van der Waals surface area contributed by atoms with E-state index in [2.05, 4.69) is 0 Å². The van der Waals surface area contributed by atoms with E-state index in [9.17, 15) is 0 Å². The molecule has 0 aliphatic carbocycles. The van der Waals surface area contributed by atoms with E-state index >= 15 is 0 Å². The Kier molecular flexibility index (Phi) is 33.0. The summed E-state index contributed by atoms with van der Waals surface area (Å²) in [6.45, 7) is 11.3. The smallest absolute Gasteiger partial charge is 0.119 e. The van der Waals surface area contributed by atoms with Gasteiger partial charge in [-0.1, -0.05) is 12.8 Å². The molecule has 1 aromatic rings. The molecule has 0 aliphatic heterocycles. The summed E-state index contributed by atoms with van der Waals surface area (Å²) in [5, 5.41) is 0. The predicted molar refractivity (Wildman–Crippen MR) is 174 cm³/mol. The summed E-state index contributed by atoms with van der Waals surface area (Å²) in [6.07, 6.45) is 4.50. The fourth-order valence-electron chi connectivity index (χ4n) is 3.52. The van der Waals surface area contributed by atoms with Crippen LogP contribution in [0.2, 0.25) is 0 Å². The lowest BCUT2D eigenvalue weighted by Crippen LogP contribution is -2.15. The minimum absolute atomic E-state index is 0.477. The summed E-state index contributed by atoms with van der Waals surface area (Å²) in [6, 6.07) is 7.27. The minimum Gasteiger partial charge on any atom is -0.491 e. The molecule has 0 saturated carbocycles. The predicted octanol–water partition coefficient (Wildman–Crippen LogP) is 3.61. The van der Waals surface area contributed by atoms with E-state index in [1.807, 2.05) is 12.1 Å². The third kappa shape index (κ3) is 32.4. The fraction of sp³-hybridized carbons (Fsp3) is 0.812. The molecule has 0 aliphatic rings. The molecule has 0 fully saturated rings. The van der Waals surface area contributed by atoms with Crippen molar-refractivity contribution in [3.8, 4) is 5.75 Å². The first-order valence-electron chi connectivity index (χ1n) is 16.1. The molecule has 0 amide bonds. The maximum absolute atomic E-state index is 5.65. The molecule has 0 radical (unpaired) electrons. The van der Waals surface area contributed by atoms with Gasteiger partial charge in [0.15, 0.2) is 0 Å². The van der Waals surface area contributed by atoms with Crippen molar-refractivity contribution in [1.82, 2.24) is 0 Å². The molecule has 0 atom stereocenters. The lowest BCUT2D eigenvalue weighted by atomic mass is 10.2. The number of benzene rings is 1. The van der Waals surface area contributed by atoms with Gasteiger partial charge in [-0.15, -0.1) is 11.6 Å². The van der Waals surface area contributed by atoms with Crippen molar-refractivity contribution in [1.29, 1.82) is 0 Å². The van der Waals surface area contributed by atoms with Gasteiger partial charge in [0.05, 0.1) is 126 Å². The van der Waals surface area contributed by atoms with Crippen molar-refractivity contribution in [2.24, 2.45) is 0 Å². The van der Waals surface area contributed by atoms with Crippen LogP contribution in [0.15, 0.2) is 24.3 Å². The highest BCUT2D eigenvalue weighted by Gasteiger charge is 1.97. The van der Waals surface area contributed by atoms with Crippen LogP contribution in [0.5, 0.6) is 5.75 Å². The number of rotatable bonds is 37. The van der Waals surface area contributed by atoms with E-state index < -0.39 is 0 Å². The second-order valence-corrected chi connectivity index (χ2v) is 10.0. The highest BCUT2D eigenvalue weighted by molar-refractivity contribution is 6.17. The number of anilines is 1. The standard InChI is InChI=1S/C32H58ClNO11/c33-9-3-1-2-4-10-35-11-12-36-13-14-37-15-16-38-17-18-39-19-20-40-21-22-41-23-24-42-25-26-43-27-28-44-29-30-45-32-7-5-31(34)6-8-32/h5-8H,1-4,9-30,34H2. The summed E-state index contributed by atoms with van der Waals surface area (Å²) >= 11 is 5.65. The molecule has 0 heterocycles. The molecule has 2 N–H and O–H groups in total. The summed E-state index contributed by atoms with van der Waals surface area (Å²) in [4.78, 5) is 0. The zero-order valence-corrected chi connectivity index (χ0v) is 27.9. The van der Waals surface area contributed by atoms with Gasteiger partial charge in [-0.05, 0) is 37.1 Å². The van der Waals surface area contributed by atoms with E-state index in [4.69, 9.17) is 69.4 Å². The number of ether oxygens (including phenoxy) is 11. The Morgan fingerprint density at radius 2 is 0.644 bits per heavy atom.